The lowest BCUT2D eigenvalue weighted by molar-refractivity contribution is -0.134. The number of benzene rings is 3. The van der Waals surface area contributed by atoms with E-state index >= 15 is 0 Å². The van der Waals surface area contributed by atoms with Crippen LogP contribution in [-0.2, 0) is 15.1 Å². The van der Waals surface area contributed by atoms with Crippen molar-refractivity contribution in [3.8, 4) is 0 Å². The average Bonchev–Trinajstić information content (AvgIpc) is 3.00. The Morgan fingerprint density at radius 3 is 2.45 bits per heavy atom. The van der Waals surface area contributed by atoms with Gasteiger partial charge in [-0.2, -0.15) is 0 Å². The highest BCUT2D eigenvalue weighted by Gasteiger charge is 2.50. The molecule has 0 bridgehead atoms. The molecule has 6 amide bonds. The molecule has 1 aliphatic rings. The van der Waals surface area contributed by atoms with Crippen molar-refractivity contribution < 1.29 is 19.2 Å². The Kier molecular flexibility index (Phi) is 5.59. The third kappa shape index (κ3) is 4.03. The maximum absolute atomic E-state index is 13.2. The molecule has 3 N–H and O–H groups in total. The topological polar surface area (TPSA) is 108 Å². The lowest BCUT2D eigenvalue weighted by Gasteiger charge is -2.24. The van der Waals surface area contributed by atoms with Crippen LogP contribution in [0.2, 0.25) is 0 Å². The second-order valence-electron chi connectivity index (χ2n) is 8.22. The first kappa shape index (κ1) is 22.0. The zero-order chi connectivity index (χ0) is 23.8. The SMILES string of the molecule is Cc1cccc(NC(=O)NC(=O)CN2C(=O)NC(C)(c3cccc4ccccc34)C2=O)c1C. The fourth-order valence-electron chi connectivity index (χ4n) is 4.03. The molecule has 1 saturated heterocycles. The molecule has 3 aromatic rings. The van der Waals surface area contributed by atoms with Crippen LogP contribution in [0.3, 0.4) is 0 Å². The van der Waals surface area contributed by atoms with Crippen LogP contribution in [0, 0.1) is 13.8 Å². The number of anilines is 1. The fraction of sp³-hybridized carbons (Fsp3) is 0.200. The largest absolute Gasteiger partial charge is 0.325 e. The van der Waals surface area contributed by atoms with E-state index in [0.717, 1.165) is 26.8 Å². The van der Waals surface area contributed by atoms with Crippen molar-refractivity contribution in [3.63, 3.8) is 0 Å². The molecule has 8 nitrogen and oxygen atoms in total. The van der Waals surface area contributed by atoms with Gasteiger partial charge in [-0.05, 0) is 54.3 Å². The quantitative estimate of drug-likeness (QED) is 0.535. The fourth-order valence-corrected chi connectivity index (χ4v) is 4.03. The van der Waals surface area contributed by atoms with Crippen molar-refractivity contribution >= 4 is 40.3 Å². The Bertz CT molecular complexity index is 1300. The molecule has 0 aromatic heterocycles. The molecule has 0 radical (unpaired) electrons. The van der Waals surface area contributed by atoms with Crippen LogP contribution in [0.25, 0.3) is 10.8 Å². The van der Waals surface area contributed by atoms with Crippen LogP contribution in [-0.4, -0.2) is 35.3 Å². The Morgan fingerprint density at radius 1 is 0.970 bits per heavy atom. The van der Waals surface area contributed by atoms with E-state index in [1.165, 1.54) is 0 Å². The second kappa shape index (κ2) is 8.38. The van der Waals surface area contributed by atoms with Crippen LogP contribution >= 0.6 is 0 Å². The van der Waals surface area contributed by atoms with Crippen molar-refractivity contribution in [2.75, 3.05) is 11.9 Å². The first-order valence-corrected chi connectivity index (χ1v) is 10.5. The number of rotatable bonds is 4. The zero-order valence-electron chi connectivity index (χ0n) is 18.6. The molecule has 3 aromatic carbocycles. The Labute approximate surface area is 191 Å². The molecule has 8 heteroatoms. The minimum Gasteiger partial charge on any atom is -0.319 e. The van der Waals surface area contributed by atoms with E-state index in [4.69, 9.17) is 0 Å². The number of aryl methyl sites for hydroxylation is 1. The standard InChI is InChI=1S/C25H24N4O4/c1-15-8-6-13-20(16(15)2)26-23(32)27-21(30)14-29-22(31)25(3,28-24(29)33)19-12-7-10-17-9-4-5-11-18(17)19/h4-13H,14H2,1-3H3,(H,28,33)(H2,26,27,30,32). The summed E-state index contributed by atoms with van der Waals surface area (Å²) in [6.07, 6.45) is 0. The maximum atomic E-state index is 13.2. The summed E-state index contributed by atoms with van der Waals surface area (Å²) in [4.78, 5) is 51.4. The first-order chi connectivity index (χ1) is 15.7. The van der Waals surface area contributed by atoms with Gasteiger partial charge in [-0.1, -0.05) is 54.6 Å². The molecular formula is C25H24N4O4. The van der Waals surface area contributed by atoms with Crippen molar-refractivity contribution in [2.24, 2.45) is 0 Å². The monoisotopic (exact) mass is 444 g/mol. The van der Waals surface area contributed by atoms with E-state index in [-0.39, 0.29) is 0 Å². The lowest BCUT2D eigenvalue weighted by atomic mass is 9.88. The number of urea groups is 2. The van der Waals surface area contributed by atoms with Gasteiger partial charge in [-0.25, -0.2) is 9.59 Å². The Hall–Kier alpha value is -4.20. The van der Waals surface area contributed by atoms with Gasteiger partial charge in [-0.3, -0.25) is 19.8 Å². The predicted molar refractivity (Wildman–Crippen MR) is 125 cm³/mol. The highest BCUT2D eigenvalue weighted by atomic mass is 16.2. The van der Waals surface area contributed by atoms with Crippen molar-refractivity contribution in [1.29, 1.82) is 0 Å². The van der Waals surface area contributed by atoms with Gasteiger partial charge in [-0.15, -0.1) is 0 Å². The van der Waals surface area contributed by atoms with Gasteiger partial charge < -0.3 is 10.6 Å². The van der Waals surface area contributed by atoms with Crippen LogP contribution in [0.1, 0.15) is 23.6 Å². The Balaban J connectivity index is 1.48. The molecule has 0 spiro atoms. The van der Waals surface area contributed by atoms with Gasteiger partial charge in [0.25, 0.3) is 5.91 Å². The van der Waals surface area contributed by atoms with E-state index in [1.54, 1.807) is 25.1 Å². The molecular weight excluding hydrogens is 420 g/mol. The average molecular weight is 444 g/mol. The van der Waals surface area contributed by atoms with Gasteiger partial charge >= 0.3 is 12.1 Å². The summed E-state index contributed by atoms with van der Waals surface area (Å²) in [5.41, 5.74) is 1.73. The normalized spacial score (nSPS) is 17.7. The minimum absolute atomic E-state index is 0.561. The summed E-state index contributed by atoms with van der Waals surface area (Å²) >= 11 is 0. The van der Waals surface area contributed by atoms with Crippen LogP contribution < -0.4 is 16.0 Å². The molecule has 1 heterocycles. The van der Waals surface area contributed by atoms with Crippen LogP contribution in [0.4, 0.5) is 15.3 Å². The number of fused-ring (bicyclic) bond motifs is 1. The number of carbonyl (C=O) groups excluding carboxylic acids is 4. The highest BCUT2D eigenvalue weighted by Crippen LogP contribution is 2.33. The number of carbonyl (C=O) groups is 4. The predicted octanol–water partition coefficient (Wildman–Crippen LogP) is 3.57. The van der Waals surface area contributed by atoms with E-state index in [0.29, 0.717) is 11.3 Å². The smallest absolute Gasteiger partial charge is 0.319 e. The Morgan fingerprint density at radius 2 is 1.67 bits per heavy atom. The van der Waals surface area contributed by atoms with Gasteiger partial charge in [0.15, 0.2) is 0 Å². The minimum atomic E-state index is -1.33. The third-order valence-corrected chi connectivity index (χ3v) is 6.01. The van der Waals surface area contributed by atoms with Crippen molar-refractivity contribution in [3.05, 3.63) is 77.4 Å². The van der Waals surface area contributed by atoms with E-state index in [9.17, 15) is 19.2 Å². The molecule has 168 valence electrons. The number of hydrogen-bond acceptors (Lipinski definition) is 4. The number of imide groups is 2. The van der Waals surface area contributed by atoms with E-state index < -0.39 is 36.0 Å². The van der Waals surface area contributed by atoms with Crippen molar-refractivity contribution in [2.45, 2.75) is 26.3 Å². The summed E-state index contributed by atoms with van der Waals surface area (Å²) < 4.78 is 0. The molecule has 1 unspecified atom stereocenters. The summed E-state index contributed by atoms with van der Waals surface area (Å²) in [5.74, 6) is -1.34. The zero-order valence-corrected chi connectivity index (χ0v) is 18.6. The molecule has 0 aliphatic carbocycles. The molecule has 33 heavy (non-hydrogen) atoms. The third-order valence-electron chi connectivity index (χ3n) is 6.01. The molecule has 1 aliphatic heterocycles. The second-order valence-corrected chi connectivity index (χ2v) is 8.22. The number of amides is 6. The molecule has 1 fully saturated rings. The van der Waals surface area contributed by atoms with Gasteiger partial charge in [0.2, 0.25) is 5.91 Å². The van der Waals surface area contributed by atoms with Gasteiger partial charge in [0.1, 0.15) is 12.1 Å². The van der Waals surface area contributed by atoms with Crippen molar-refractivity contribution in [1.82, 2.24) is 15.5 Å². The summed E-state index contributed by atoms with van der Waals surface area (Å²) in [6.45, 7) is 4.80. The first-order valence-electron chi connectivity index (χ1n) is 10.5. The molecule has 0 saturated carbocycles. The number of hydrogen-bond donors (Lipinski definition) is 3. The lowest BCUT2D eigenvalue weighted by Crippen LogP contribution is -2.45. The number of nitrogens with one attached hydrogen (secondary N) is 3. The summed E-state index contributed by atoms with van der Waals surface area (Å²) in [6, 6.07) is 17.1. The molecule has 4 rings (SSSR count). The van der Waals surface area contributed by atoms with Gasteiger partial charge in [0.05, 0.1) is 0 Å². The molecule has 1 atom stereocenters. The highest BCUT2D eigenvalue weighted by molar-refractivity contribution is 6.12. The maximum Gasteiger partial charge on any atom is 0.325 e. The van der Waals surface area contributed by atoms with Gasteiger partial charge in [0, 0.05) is 5.69 Å². The van der Waals surface area contributed by atoms with E-state index in [2.05, 4.69) is 16.0 Å². The summed E-state index contributed by atoms with van der Waals surface area (Å²) in [5, 5.41) is 9.26. The number of nitrogens with zero attached hydrogens (tertiary/aromatic N) is 1. The summed E-state index contributed by atoms with van der Waals surface area (Å²) in [7, 11) is 0. The van der Waals surface area contributed by atoms with E-state index in [1.807, 2.05) is 56.3 Å². The van der Waals surface area contributed by atoms with Crippen LogP contribution in [0.15, 0.2) is 60.7 Å². The van der Waals surface area contributed by atoms with Crippen LogP contribution in [0.5, 0.6) is 0 Å².